The van der Waals surface area contributed by atoms with Crippen LogP contribution in [0.15, 0.2) is 24.3 Å². The van der Waals surface area contributed by atoms with Crippen LogP contribution >= 0.6 is 0 Å². The largest absolute Gasteiger partial charge is 0.464 e. The van der Waals surface area contributed by atoms with Gasteiger partial charge in [0.25, 0.3) is 0 Å². The normalized spacial score (nSPS) is 13.6. The molecule has 0 fully saturated rings. The van der Waals surface area contributed by atoms with Crippen molar-refractivity contribution >= 4 is 22.8 Å². The molecule has 1 aromatic heterocycles. The Morgan fingerprint density at radius 3 is 2.68 bits per heavy atom. The molecule has 0 aliphatic carbocycles. The number of aliphatic hydroxyl groups excluding tert-OH is 2. The van der Waals surface area contributed by atoms with Crippen LogP contribution in [0.1, 0.15) is 29.1 Å². The summed E-state index contributed by atoms with van der Waals surface area (Å²) in [5.41, 5.74) is 1.43. The molecule has 7 heteroatoms. The van der Waals surface area contributed by atoms with Gasteiger partial charge in [-0.25, -0.2) is 4.79 Å². The summed E-state index contributed by atoms with van der Waals surface area (Å²) in [5, 5.41) is 23.2. The number of H-pyrrole nitrogens is 1. The number of carbonyl (C=O) groups excluding carboxylic acids is 2. The molecule has 2 rings (SSSR count). The number of methoxy groups -OCH3 is 1. The summed E-state index contributed by atoms with van der Waals surface area (Å²) in [5.74, 6) is -0.766. The van der Waals surface area contributed by atoms with Crippen molar-refractivity contribution < 1.29 is 24.5 Å². The summed E-state index contributed by atoms with van der Waals surface area (Å²) in [6.45, 7) is 1.28. The fourth-order valence-electron chi connectivity index (χ4n) is 2.13. The minimum atomic E-state index is -1.15. The molecule has 7 nitrogen and oxygen atoms in total. The maximum absolute atomic E-state index is 11.5. The standard InChI is InChI=1S/C15H18N2O5/c1-8(18)16-7-13(19)14(20)10-4-3-9-5-12(15(21)22-2)17-11(9)6-10/h3-6,13-14,17,19-20H,7H2,1-2H3,(H,16,18). The van der Waals surface area contributed by atoms with E-state index in [-0.39, 0.29) is 12.5 Å². The topological polar surface area (TPSA) is 112 Å². The van der Waals surface area contributed by atoms with Crippen LogP contribution in [-0.4, -0.2) is 46.8 Å². The van der Waals surface area contributed by atoms with E-state index in [1.54, 1.807) is 24.3 Å². The van der Waals surface area contributed by atoms with E-state index in [4.69, 9.17) is 0 Å². The number of amides is 1. The van der Waals surface area contributed by atoms with Crippen LogP contribution in [-0.2, 0) is 9.53 Å². The molecular weight excluding hydrogens is 288 g/mol. The van der Waals surface area contributed by atoms with Gasteiger partial charge in [0, 0.05) is 24.4 Å². The van der Waals surface area contributed by atoms with Gasteiger partial charge in [0.1, 0.15) is 17.9 Å². The average Bonchev–Trinajstić information content (AvgIpc) is 2.93. The quantitative estimate of drug-likeness (QED) is 0.601. The molecule has 22 heavy (non-hydrogen) atoms. The number of aromatic amines is 1. The van der Waals surface area contributed by atoms with Crippen molar-refractivity contribution in [3.8, 4) is 0 Å². The Labute approximate surface area is 126 Å². The Kier molecular flexibility index (Phi) is 4.79. The van der Waals surface area contributed by atoms with Crippen molar-refractivity contribution in [1.29, 1.82) is 0 Å². The van der Waals surface area contributed by atoms with Crippen molar-refractivity contribution in [2.75, 3.05) is 13.7 Å². The molecule has 0 radical (unpaired) electrons. The van der Waals surface area contributed by atoms with Crippen LogP contribution < -0.4 is 5.32 Å². The number of ether oxygens (including phenoxy) is 1. The van der Waals surface area contributed by atoms with Crippen LogP contribution in [0.2, 0.25) is 0 Å². The summed E-state index contributed by atoms with van der Waals surface area (Å²) in [6.07, 6.45) is -2.28. The second-order valence-electron chi connectivity index (χ2n) is 4.97. The third-order valence-electron chi connectivity index (χ3n) is 3.32. The van der Waals surface area contributed by atoms with E-state index >= 15 is 0 Å². The molecule has 2 aromatic rings. The van der Waals surface area contributed by atoms with Crippen LogP contribution in [0.5, 0.6) is 0 Å². The lowest BCUT2D eigenvalue weighted by Gasteiger charge is -2.18. The monoisotopic (exact) mass is 306 g/mol. The van der Waals surface area contributed by atoms with Gasteiger partial charge in [-0.1, -0.05) is 12.1 Å². The van der Waals surface area contributed by atoms with Crippen molar-refractivity contribution in [1.82, 2.24) is 10.3 Å². The lowest BCUT2D eigenvalue weighted by Crippen LogP contribution is -2.34. The first-order valence-corrected chi connectivity index (χ1v) is 6.74. The van der Waals surface area contributed by atoms with E-state index in [1.807, 2.05) is 0 Å². The second-order valence-corrected chi connectivity index (χ2v) is 4.97. The summed E-state index contributed by atoms with van der Waals surface area (Å²) in [7, 11) is 1.29. The Hall–Kier alpha value is -2.38. The Bertz CT molecular complexity index is 694. The fourth-order valence-corrected chi connectivity index (χ4v) is 2.13. The molecule has 1 aromatic carbocycles. The first-order chi connectivity index (χ1) is 10.4. The molecule has 0 saturated carbocycles. The number of hydrogen-bond donors (Lipinski definition) is 4. The number of benzene rings is 1. The number of aromatic nitrogens is 1. The van der Waals surface area contributed by atoms with Crippen molar-refractivity contribution in [3.05, 3.63) is 35.5 Å². The second kappa shape index (κ2) is 6.59. The van der Waals surface area contributed by atoms with Gasteiger partial charge in [0.2, 0.25) is 5.91 Å². The highest BCUT2D eigenvalue weighted by Crippen LogP contribution is 2.23. The number of fused-ring (bicyclic) bond motifs is 1. The van der Waals surface area contributed by atoms with Crippen molar-refractivity contribution in [2.45, 2.75) is 19.1 Å². The summed E-state index contributed by atoms with van der Waals surface area (Å²) in [4.78, 5) is 25.2. The zero-order valence-electron chi connectivity index (χ0n) is 12.3. The zero-order valence-corrected chi connectivity index (χ0v) is 12.3. The number of hydrogen-bond acceptors (Lipinski definition) is 5. The third-order valence-corrected chi connectivity index (χ3v) is 3.32. The smallest absolute Gasteiger partial charge is 0.354 e. The molecule has 118 valence electrons. The molecular formula is C15H18N2O5. The van der Waals surface area contributed by atoms with Gasteiger partial charge in [0.05, 0.1) is 7.11 Å². The van der Waals surface area contributed by atoms with Gasteiger partial charge in [-0.3, -0.25) is 4.79 Å². The number of aliphatic hydroxyl groups is 2. The van der Waals surface area contributed by atoms with Gasteiger partial charge in [0.15, 0.2) is 0 Å². The van der Waals surface area contributed by atoms with Crippen LogP contribution in [0, 0.1) is 0 Å². The average molecular weight is 306 g/mol. The maximum Gasteiger partial charge on any atom is 0.354 e. The highest BCUT2D eigenvalue weighted by atomic mass is 16.5. The van der Waals surface area contributed by atoms with E-state index < -0.39 is 18.2 Å². The molecule has 0 aliphatic heterocycles. The summed E-state index contributed by atoms with van der Waals surface area (Å²) in [6, 6.07) is 6.66. The highest BCUT2D eigenvalue weighted by molar-refractivity contribution is 5.94. The number of esters is 1. The van der Waals surface area contributed by atoms with E-state index in [9.17, 15) is 19.8 Å². The van der Waals surface area contributed by atoms with Gasteiger partial charge in [-0.2, -0.15) is 0 Å². The van der Waals surface area contributed by atoms with E-state index in [0.717, 1.165) is 5.39 Å². The molecule has 2 atom stereocenters. The predicted molar refractivity (Wildman–Crippen MR) is 79.3 cm³/mol. The van der Waals surface area contributed by atoms with Gasteiger partial charge in [-0.05, 0) is 17.7 Å². The predicted octanol–water partition coefficient (Wildman–Crippen LogP) is 0.485. The minimum Gasteiger partial charge on any atom is -0.464 e. The summed E-state index contributed by atoms with van der Waals surface area (Å²) >= 11 is 0. The third kappa shape index (κ3) is 3.44. The van der Waals surface area contributed by atoms with E-state index in [2.05, 4.69) is 15.0 Å². The number of nitrogens with one attached hydrogen (secondary N) is 2. The van der Waals surface area contributed by atoms with Crippen LogP contribution in [0.3, 0.4) is 0 Å². The molecule has 4 N–H and O–H groups in total. The highest BCUT2D eigenvalue weighted by Gasteiger charge is 2.19. The zero-order chi connectivity index (χ0) is 16.3. The van der Waals surface area contributed by atoms with E-state index in [0.29, 0.717) is 16.8 Å². The van der Waals surface area contributed by atoms with Crippen molar-refractivity contribution in [2.24, 2.45) is 0 Å². The van der Waals surface area contributed by atoms with Crippen molar-refractivity contribution in [3.63, 3.8) is 0 Å². The lowest BCUT2D eigenvalue weighted by atomic mass is 10.0. The summed E-state index contributed by atoms with van der Waals surface area (Å²) < 4.78 is 4.64. The first kappa shape index (κ1) is 16.0. The fraction of sp³-hybridized carbons (Fsp3) is 0.333. The molecule has 1 amide bonds. The molecule has 0 spiro atoms. The first-order valence-electron chi connectivity index (χ1n) is 6.74. The van der Waals surface area contributed by atoms with Crippen LogP contribution in [0.4, 0.5) is 0 Å². The molecule has 1 heterocycles. The molecule has 0 bridgehead atoms. The van der Waals surface area contributed by atoms with Gasteiger partial charge < -0.3 is 25.3 Å². The minimum absolute atomic E-state index is 0.0489. The van der Waals surface area contributed by atoms with Gasteiger partial charge >= 0.3 is 5.97 Å². The van der Waals surface area contributed by atoms with E-state index in [1.165, 1.54) is 14.0 Å². The number of rotatable bonds is 5. The maximum atomic E-state index is 11.5. The number of carbonyl (C=O) groups is 2. The van der Waals surface area contributed by atoms with Crippen LogP contribution in [0.25, 0.3) is 10.9 Å². The Morgan fingerprint density at radius 1 is 1.32 bits per heavy atom. The molecule has 2 unspecified atom stereocenters. The van der Waals surface area contributed by atoms with Gasteiger partial charge in [-0.15, -0.1) is 0 Å². The molecule has 0 aliphatic rings. The Balaban J connectivity index is 2.21. The lowest BCUT2D eigenvalue weighted by molar-refractivity contribution is -0.119. The SMILES string of the molecule is COC(=O)c1cc2ccc(C(O)C(O)CNC(C)=O)cc2[nH]1. The molecule has 0 saturated heterocycles. The Morgan fingerprint density at radius 2 is 2.05 bits per heavy atom.